The van der Waals surface area contributed by atoms with Gasteiger partial charge in [-0.05, 0) is 140 Å². The summed E-state index contributed by atoms with van der Waals surface area (Å²) in [4.78, 5) is 0. The summed E-state index contributed by atoms with van der Waals surface area (Å²) < 4.78 is 7.51. The third-order valence-electron chi connectivity index (χ3n) is 19.5. The Hall–Kier alpha value is -9.77. The van der Waals surface area contributed by atoms with Crippen LogP contribution in [0.2, 0.25) is 0 Å². The first-order valence-corrected chi connectivity index (χ1v) is 28.8. The molecule has 0 saturated carbocycles. The van der Waals surface area contributed by atoms with Gasteiger partial charge >= 0.3 is 0 Å². The first kappa shape index (κ1) is 44.1. The summed E-state index contributed by atoms with van der Waals surface area (Å²) in [6.07, 6.45) is 0. The van der Waals surface area contributed by atoms with E-state index in [0.29, 0.717) is 20.1 Å². The zero-order chi connectivity index (χ0) is 53.1. The molecular formula is C75H48B3N3. The van der Waals surface area contributed by atoms with Gasteiger partial charge in [0.1, 0.15) is 0 Å². The van der Waals surface area contributed by atoms with Crippen molar-refractivity contribution in [1.29, 1.82) is 0 Å². The molecule has 0 aliphatic carbocycles. The summed E-state index contributed by atoms with van der Waals surface area (Å²) in [6.45, 7) is 7.73. The summed E-state index contributed by atoms with van der Waals surface area (Å²) in [5.74, 6) is 0. The van der Waals surface area contributed by atoms with Gasteiger partial charge in [-0.1, -0.05) is 217 Å². The molecule has 0 saturated heterocycles. The molecule has 9 heterocycles. The van der Waals surface area contributed by atoms with E-state index in [-0.39, 0.29) is 0 Å². The van der Waals surface area contributed by atoms with Crippen LogP contribution in [0.1, 0.15) is 16.7 Å². The largest absolute Gasteiger partial charge is 0.310 e. The Balaban J connectivity index is 0.0000000907. The highest BCUT2D eigenvalue weighted by atomic mass is 15.0. The lowest BCUT2D eigenvalue weighted by Gasteiger charge is -2.25. The van der Waals surface area contributed by atoms with Gasteiger partial charge in [0.25, 0.3) is 0 Å². The maximum Gasteiger partial charge on any atom is 0.248 e. The lowest BCUT2D eigenvalue weighted by molar-refractivity contribution is 1.18. The molecule has 0 atom stereocenters. The van der Waals surface area contributed by atoms with Gasteiger partial charge in [0.05, 0.1) is 16.6 Å². The second-order valence-electron chi connectivity index (χ2n) is 23.5. The number of para-hydroxylation sites is 6. The van der Waals surface area contributed by atoms with Crippen LogP contribution in [0.3, 0.4) is 0 Å². The molecule has 0 amide bonds. The minimum Gasteiger partial charge on any atom is -0.310 e. The fraction of sp³-hybridized carbons (Fsp3) is 0.0400. The molecule has 0 fully saturated rings. The van der Waals surface area contributed by atoms with E-state index in [1.165, 1.54) is 182 Å². The molecule has 0 bridgehead atoms. The van der Waals surface area contributed by atoms with E-state index in [1.54, 1.807) is 0 Å². The molecule has 0 radical (unpaired) electrons. The number of fused-ring (bicyclic) bond motifs is 24. The summed E-state index contributed by atoms with van der Waals surface area (Å²) in [6, 6.07) is 87.9. The van der Waals surface area contributed by atoms with E-state index in [4.69, 9.17) is 0 Å². The number of aryl methyl sites for hydroxylation is 3. The number of nitrogens with zero attached hydrogens (tertiary/aromatic N) is 3. The van der Waals surface area contributed by atoms with Crippen molar-refractivity contribution in [3.8, 4) is 50.4 Å². The molecular weight excluding hydrogens is 975 g/mol. The fourth-order valence-corrected chi connectivity index (χ4v) is 16.6. The molecule has 6 heteroatoms. The van der Waals surface area contributed by atoms with Crippen molar-refractivity contribution in [2.45, 2.75) is 20.8 Å². The third-order valence-corrected chi connectivity index (χ3v) is 19.5. The van der Waals surface area contributed by atoms with Crippen molar-refractivity contribution in [2.24, 2.45) is 0 Å². The van der Waals surface area contributed by atoms with Gasteiger partial charge in [0.2, 0.25) is 20.1 Å². The Labute approximate surface area is 470 Å². The number of hydrogen-bond acceptors (Lipinski definition) is 0. The topological polar surface area (TPSA) is 14.8 Å². The van der Waals surface area contributed by atoms with Crippen molar-refractivity contribution in [1.82, 2.24) is 13.7 Å². The second-order valence-corrected chi connectivity index (χ2v) is 23.5. The van der Waals surface area contributed by atoms with E-state index in [1.807, 2.05) is 0 Å². The number of aromatic nitrogens is 3. The van der Waals surface area contributed by atoms with Gasteiger partial charge in [0, 0.05) is 65.9 Å². The van der Waals surface area contributed by atoms with Crippen LogP contribution in [-0.2, 0) is 0 Å². The first-order valence-electron chi connectivity index (χ1n) is 28.8. The summed E-state index contributed by atoms with van der Waals surface area (Å²) in [7, 11) is 0. The highest BCUT2D eigenvalue weighted by Crippen LogP contribution is 2.41. The monoisotopic (exact) mass is 1020 g/mol. The third kappa shape index (κ3) is 5.48. The van der Waals surface area contributed by atoms with E-state index < -0.39 is 0 Å². The predicted octanol–water partition coefficient (Wildman–Crippen LogP) is 11.7. The van der Waals surface area contributed by atoms with Gasteiger partial charge in [0.15, 0.2) is 0 Å². The first-order chi connectivity index (χ1) is 40.0. The Kier molecular flexibility index (Phi) is 8.58. The molecule has 0 N–H and O–H groups in total. The normalized spacial score (nSPS) is 13.3. The van der Waals surface area contributed by atoms with Crippen LogP contribution in [0.15, 0.2) is 237 Å². The molecule has 6 aliphatic heterocycles. The van der Waals surface area contributed by atoms with Crippen molar-refractivity contribution in [3.63, 3.8) is 0 Å². The maximum atomic E-state index is 2.51. The van der Waals surface area contributed by atoms with Crippen molar-refractivity contribution in [3.05, 3.63) is 253 Å². The zero-order valence-corrected chi connectivity index (χ0v) is 45.1. The van der Waals surface area contributed by atoms with Crippen LogP contribution in [0.25, 0.3) is 116 Å². The van der Waals surface area contributed by atoms with Crippen LogP contribution < -0.4 is 49.2 Å². The van der Waals surface area contributed by atoms with Crippen LogP contribution in [0.5, 0.6) is 0 Å². The van der Waals surface area contributed by atoms with Crippen molar-refractivity contribution < 1.29 is 0 Å². The molecule has 0 spiro atoms. The lowest BCUT2D eigenvalue weighted by atomic mass is 9.37. The van der Waals surface area contributed by atoms with E-state index in [0.717, 1.165) is 0 Å². The van der Waals surface area contributed by atoms with Crippen LogP contribution in [0, 0.1) is 20.8 Å². The minimum absolute atomic E-state index is 0.339. The Morgan fingerprint density at radius 3 is 1.28 bits per heavy atom. The average molecular weight is 1020 g/mol. The summed E-state index contributed by atoms with van der Waals surface area (Å²) in [5.41, 5.74) is 37.8. The van der Waals surface area contributed by atoms with E-state index >= 15 is 0 Å². The lowest BCUT2D eigenvalue weighted by Crippen LogP contribution is -2.53. The molecule has 372 valence electrons. The molecule has 21 rings (SSSR count). The highest BCUT2D eigenvalue weighted by Gasteiger charge is 2.44. The summed E-state index contributed by atoms with van der Waals surface area (Å²) in [5, 5.41) is 8.12. The molecule has 0 unspecified atom stereocenters. The van der Waals surface area contributed by atoms with Crippen molar-refractivity contribution in [2.75, 3.05) is 0 Å². The van der Waals surface area contributed by atoms with Crippen LogP contribution >= 0.6 is 0 Å². The van der Waals surface area contributed by atoms with E-state index in [9.17, 15) is 0 Å². The summed E-state index contributed by atoms with van der Waals surface area (Å²) >= 11 is 0. The predicted molar refractivity (Wildman–Crippen MR) is 347 cm³/mol. The quantitative estimate of drug-likeness (QED) is 0.135. The standard InChI is InChI=1S/3C25H16BN/c1-15-13-14-22-24-23(15)18-8-2-4-10-19(18)26(24)20-11-6-9-17-16-7-3-5-12-21(16)27(22)25(17)20;1-15-13-19-16-7-2-4-10-20(16)26-21-11-6-9-18-17-8-3-5-12-22(17)27(25(18)21)23(14-15)24(19)26;1-15-7-4-11-19-23(15)18-10-6-14-22-24(18)26(19)20-12-5-9-17-16-8-2-3-13-21(16)27(22)25(17)20/h3*2-14H,1H3. The van der Waals surface area contributed by atoms with E-state index in [2.05, 4.69) is 271 Å². The Bertz CT molecular complexity index is 5370. The van der Waals surface area contributed by atoms with Crippen LogP contribution in [0.4, 0.5) is 0 Å². The molecule has 6 aliphatic rings. The van der Waals surface area contributed by atoms with Crippen LogP contribution in [-0.4, -0.2) is 33.8 Å². The number of hydrogen-bond donors (Lipinski definition) is 0. The van der Waals surface area contributed by atoms with Gasteiger partial charge in [-0.25, -0.2) is 0 Å². The Morgan fingerprint density at radius 1 is 0.259 bits per heavy atom. The van der Waals surface area contributed by atoms with Gasteiger partial charge in [-0.3, -0.25) is 0 Å². The van der Waals surface area contributed by atoms with Gasteiger partial charge < -0.3 is 13.7 Å². The number of benzene rings is 12. The minimum atomic E-state index is 0.339. The van der Waals surface area contributed by atoms with Crippen molar-refractivity contribution >= 4 is 135 Å². The molecule has 12 aromatic carbocycles. The van der Waals surface area contributed by atoms with Gasteiger partial charge in [-0.15, -0.1) is 0 Å². The molecule has 15 aromatic rings. The Morgan fingerprint density at radius 2 is 0.667 bits per heavy atom. The molecule has 3 aromatic heterocycles. The number of rotatable bonds is 0. The molecule has 3 nitrogen and oxygen atoms in total. The molecule has 81 heavy (non-hydrogen) atoms. The zero-order valence-electron chi connectivity index (χ0n) is 45.1. The second kappa shape index (κ2) is 15.7. The smallest absolute Gasteiger partial charge is 0.248 e. The van der Waals surface area contributed by atoms with Gasteiger partial charge in [-0.2, -0.15) is 0 Å². The SMILES string of the molecule is Cc1cc2c3c(c1)-n1c4ccccc4c4cccc(c41)B3c1ccccc1-2.Cc1ccc2c3c1-c1ccccc1B3c1cccc3c4ccccc4n-2c13.Cc1cccc2c1-c1cccc3c1B2c1cccc2c4ccccc4n-3c12. The average Bonchev–Trinajstić information content (AvgIpc) is 2.13. The maximum absolute atomic E-state index is 2.51. The fourth-order valence-electron chi connectivity index (χ4n) is 16.6. The highest BCUT2D eigenvalue weighted by molar-refractivity contribution is 7.03.